The zero-order valence-electron chi connectivity index (χ0n) is 11.0. The van der Waals surface area contributed by atoms with Gasteiger partial charge >= 0.3 is 0 Å². The van der Waals surface area contributed by atoms with Crippen LogP contribution in [0.1, 0.15) is 10.7 Å². The van der Waals surface area contributed by atoms with Gasteiger partial charge in [0.15, 0.2) is 0 Å². The number of fused-ring (bicyclic) bond motifs is 1. The summed E-state index contributed by atoms with van der Waals surface area (Å²) >= 11 is 1.65. The van der Waals surface area contributed by atoms with E-state index < -0.39 is 0 Å². The Morgan fingerprint density at radius 2 is 2.05 bits per heavy atom. The van der Waals surface area contributed by atoms with Gasteiger partial charge in [0, 0.05) is 32.1 Å². The average Bonchev–Trinajstić information content (AvgIpc) is 2.90. The van der Waals surface area contributed by atoms with Gasteiger partial charge in [-0.3, -0.25) is 0 Å². The molecular formula is C14H18N4S. The molecule has 2 aromatic rings. The lowest BCUT2D eigenvalue weighted by atomic mass is 10.1. The lowest BCUT2D eigenvalue weighted by Crippen LogP contribution is -2.38. The number of likely N-dealkylation sites (N-methyl/N-ethyl adjacent to an activating group) is 1. The number of thiazole rings is 1. The maximum absolute atomic E-state index is 5.62. The molecule has 0 saturated heterocycles. The van der Waals surface area contributed by atoms with Crippen molar-refractivity contribution in [3.05, 3.63) is 40.3 Å². The van der Waals surface area contributed by atoms with Crippen molar-refractivity contribution in [2.75, 3.05) is 29.9 Å². The third-order valence-electron chi connectivity index (χ3n) is 3.47. The summed E-state index contributed by atoms with van der Waals surface area (Å²) < 4.78 is 0. The van der Waals surface area contributed by atoms with E-state index >= 15 is 0 Å². The molecule has 1 aromatic carbocycles. The van der Waals surface area contributed by atoms with Gasteiger partial charge in [-0.1, -0.05) is 12.1 Å². The average molecular weight is 274 g/mol. The summed E-state index contributed by atoms with van der Waals surface area (Å²) in [6.45, 7) is 3.47. The molecule has 1 aliphatic rings. The van der Waals surface area contributed by atoms with Crippen molar-refractivity contribution in [3.8, 4) is 0 Å². The predicted octanol–water partition coefficient (Wildman–Crippen LogP) is 2.06. The lowest BCUT2D eigenvalue weighted by molar-refractivity contribution is 0.725. The van der Waals surface area contributed by atoms with E-state index in [1.807, 2.05) is 0 Å². The molecule has 5 heteroatoms. The third kappa shape index (κ3) is 2.43. The highest BCUT2D eigenvalue weighted by atomic mass is 32.1. The summed E-state index contributed by atoms with van der Waals surface area (Å²) in [6.07, 6.45) is 0. The van der Waals surface area contributed by atoms with Crippen molar-refractivity contribution in [3.63, 3.8) is 0 Å². The number of nitrogens with zero attached hydrogens (tertiary/aromatic N) is 3. The largest absolute Gasteiger partial charge is 0.371 e. The van der Waals surface area contributed by atoms with Crippen LogP contribution in [0.5, 0.6) is 0 Å². The number of para-hydroxylation sites is 2. The first kappa shape index (κ1) is 12.4. The molecule has 19 heavy (non-hydrogen) atoms. The van der Waals surface area contributed by atoms with Gasteiger partial charge in [0.1, 0.15) is 5.01 Å². The molecule has 3 rings (SSSR count). The number of rotatable bonds is 3. The van der Waals surface area contributed by atoms with Gasteiger partial charge in [-0.15, -0.1) is 11.3 Å². The van der Waals surface area contributed by atoms with Crippen LogP contribution in [0.15, 0.2) is 29.6 Å². The normalized spacial score (nSPS) is 14.6. The number of hydrogen-bond acceptors (Lipinski definition) is 5. The molecule has 0 bridgehead atoms. The molecule has 100 valence electrons. The molecule has 2 heterocycles. The predicted molar refractivity (Wildman–Crippen MR) is 80.8 cm³/mol. The Hall–Kier alpha value is -1.59. The highest BCUT2D eigenvalue weighted by Crippen LogP contribution is 2.32. The topological polar surface area (TPSA) is 45.4 Å². The van der Waals surface area contributed by atoms with E-state index in [1.54, 1.807) is 11.3 Å². The van der Waals surface area contributed by atoms with E-state index in [-0.39, 0.29) is 0 Å². The van der Waals surface area contributed by atoms with Gasteiger partial charge in [-0.05, 0) is 12.1 Å². The van der Waals surface area contributed by atoms with Crippen molar-refractivity contribution in [2.24, 2.45) is 5.73 Å². The minimum Gasteiger partial charge on any atom is -0.371 e. The van der Waals surface area contributed by atoms with E-state index in [9.17, 15) is 0 Å². The molecule has 1 aliphatic heterocycles. The Labute approximate surface area is 117 Å². The van der Waals surface area contributed by atoms with E-state index in [1.165, 1.54) is 11.4 Å². The highest BCUT2D eigenvalue weighted by Gasteiger charge is 2.20. The minimum absolute atomic E-state index is 0.532. The smallest absolute Gasteiger partial charge is 0.107 e. The van der Waals surface area contributed by atoms with Crippen LogP contribution in [-0.2, 0) is 13.1 Å². The number of anilines is 2. The third-order valence-corrected chi connectivity index (χ3v) is 4.39. The Bertz CT molecular complexity index is 566. The van der Waals surface area contributed by atoms with Gasteiger partial charge in [0.05, 0.1) is 23.6 Å². The summed E-state index contributed by atoms with van der Waals surface area (Å²) in [4.78, 5) is 9.25. The molecule has 0 spiro atoms. The standard InChI is InChI=1S/C14H18N4S/c1-17-6-7-18(13-5-3-2-4-12(13)17)9-11-10-19-14(8-15)16-11/h2-5,10H,6-9,15H2,1H3. The number of nitrogens with two attached hydrogens (primary N) is 1. The highest BCUT2D eigenvalue weighted by molar-refractivity contribution is 7.09. The quantitative estimate of drug-likeness (QED) is 0.930. The number of aromatic nitrogens is 1. The Morgan fingerprint density at radius 1 is 1.26 bits per heavy atom. The van der Waals surface area contributed by atoms with Crippen molar-refractivity contribution in [1.82, 2.24) is 4.98 Å². The Morgan fingerprint density at radius 3 is 2.79 bits per heavy atom. The second-order valence-electron chi connectivity index (χ2n) is 4.77. The molecule has 0 aliphatic carbocycles. The van der Waals surface area contributed by atoms with Gasteiger partial charge < -0.3 is 15.5 Å². The molecule has 4 nitrogen and oxygen atoms in total. The van der Waals surface area contributed by atoms with Crippen LogP contribution in [-0.4, -0.2) is 25.1 Å². The van der Waals surface area contributed by atoms with Crippen LogP contribution in [0.3, 0.4) is 0 Å². The fourth-order valence-corrected chi connectivity index (χ4v) is 3.11. The molecule has 0 atom stereocenters. The van der Waals surface area contributed by atoms with Gasteiger partial charge in [0.2, 0.25) is 0 Å². The van der Waals surface area contributed by atoms with Crippen LogP contribution < -0.4 is 15.5 Å². The fourth-order valence-electron chi connectivity index (χ4n) is 2.44. The lowest BCUT2D eigenvalue weighted by Gasteiger charge is -2.36. The van der Waals surface area contributed by atoms with E-state index in [0.29, 0.717) is 6.54 Å². The van der Waals surface area contributed by atoms with Crippen LogP contribution in [0, 0.1) is 0 Å². The van der Waals surface area contributed by atoms with E-state index in [2.05, 4.69) is 51.5 Å². The molecule has 0 amide bonds. The van der Waals surface area contributed by atoms with E-state index in [0.717, 1.165) is 30.3 Å². The van der Waals surface area contributed by atoms with Crippen LogP contribution in [0.2, 0.25) is 0 Å². The van der Waals surface area contributed by atoms with Crippen LogP contribution in [0.4, 0.5) is 11.4 Å². The van der Waals surface area contributed by atoms with Gasteiger partial charge in [-0.25, -0.2) is 4.98 Å². The second kappa shape index (κ2) is 5.19. The van der Waals surface area contributed by atoms with Gasteiger partial charge in [0.25, 0.3) is 0 Å². The second-order valence-corrected chi connectivity index (χ2v) is 5.71. The fraction of sp³-hybridized carbons (Fsp3) is 0.357. The summed E-state index contributed by atoms with van der Waals surface area (Å²) in [7, 11) is 2.14. The zero-order valence-corrected chi connectivity index (χ0v) is 11.9. The summed E-state index contributed by atoms with van der Waals surface area (Å²) in [5.74, 6) is 0. The van der Waals surface area contributed by atoms with Crippen molar-refractivity contribution >= 4 is 22.7 Å². The molecule has 0 saturated carbocycles. The number of hydrogen-bond donors (Lipinski definition) is 1. The molecule has 2 N–H and O–H groups in total. The van der Waals surface area contributed by atoms with Crippen molar-refractivity contribution in [1.29, 1.82) is 0 Å². The van der Waals surface area contributed by atoms with E-state index in [4.69, 9.17) is 5.73 Å². The maximum atomic E-state index is 5.62. The monoisotopic (exact) mass is 274 g/mol. The molecule has 0 fully saturated rings. The minimum atomic E-state index is 0.532. The summed E-state index contributed by atoms with van der Waals surface area (Å²) in [5, 5.41) is 3.13. The van der Waals surface area contributed by atoms with Crippen molar-refractivity contribution in [2.45, 2.75) is 13.1 Å². The Kier molecular flexibility index (Phi) is 3.40. The zero-order chi connectivity index (χ0) is 13.2. The SMILES string of the molecule is CN1CCN(Cc2csc(CN)n2)c2ccccc21. The van der Waals surface area contributed by atoms with Crippen LogP contribution in [0.25, 0.3) is 0 Å². The maximum Gasteiger partial charge on any atom is 0.107 e. The molecule has 0 unspecified atom stereocenters. The molecular weight excluding hydrogens is 256 g/mol. The molecule has 1 aromatic heterocycles. The first-order valence-electron chi connectivity index (χ1n) is 6.46. The Balaban J connectivity index is 1.84. The van der Waals surface area contributed by atoms with Crippen molar-refractivity contribution < 1.29 is 0 Å². The molecule has 0 radical (unpaired) electrons. The summed E-state index contributed by atoms with van der Waals surface area (Å²) in [6, 6.07) is 8.54. The summed E-state index contributed by atoms with van der Waals surface area (Å²) in [5.41, 5.74) is 9.32. The first-order valence-corrected chi connectivity index (χ1v) is 7.34. The first-order chi connectivity index (χ1) is 9.28. The number of benzene rings is 1. The van der Waals surface area contributed by atoms with Crippen LogP contribution >= 0.6 is 11.3 Å². The van der Waals surface area contributed by atoms with Gasteiger partial charge in [-0.2, -0.15) is 0 Å².